The maximum absolute atomic E-state index is 12.1. The minimum Gasteiger partial charge on any atom is -0.456 e. The molecule has 0 saturated carbocycles. The van der Waals surface area contributed by atoms with Crippen molar-refractivity contribution in [3.8, 4) is 11.3 Å². The number of hydrogen-bond acceptors (Lipinski definition) is 5. The molecule has 1 amide bonds. The van der Waals surface area contributed by atoms with Crippen molar-refractivity contribution in [2.45, 2.75) is 13.8 Å². The highest BCUT2D eigenvalue weighted by Gasteiger charge is 2.16. The first-order valence-corrected chi connectivity index (χ1v) is 8.27. The van der Waals surface area contributed by atoms with Gasteiger partial charge in [-0.1, -0.05) is 29.8 Å². The van der Waals surface area contributed by atoms with Crippen LogP contribution in [0.2, 0.25) is 0 Å². The molecule has 0 atom stereocenters. The molecule has 0 aliphatic carbocycles. The van der Waals surface area contributed by atoms with Crippen molar-refractivity contribution < 1.29 is 9.21 Å². The normalized spacial score (nSPS) is 11.1. The van der Waals surface area contributed by atoms with Crippen LogP contribution >= 0.6 is 11.3 Å². The smallest absolute Gasteiger partial charge is 0.293 e. The minimum absolute atomic E-state index is 0.240. The number of nitrogens with zero attached hydrogens (tertiary/aromatic N) is 3. The molecule has 0 aliphatic rings. The zero-order valence-electron chi connectivity index (χ0n) is 13.1. The molecule has 0 bridgehead atoms. The van der Waals surface area contributed by atoms with E-state index in [1.807, 2.05) is 24.4 Å². The molecule has 0 saturated heterocycles. The number of benzene rings is 1. The fourth-order valence-corrected chi connectivity index (χ4v) is 3.21. The van der Waals surface area contributed by atoms with Crippen LogP contribution in [0.1, 0.15) is 21.9 Å². The summed E-state index contributed by atoms with van der Waals surface area (Å²) in [5, 5.41) is 9.05. The van der Waals surface area contributed by atoms with Gasteiger partial charge in [-0.25, -0.2) is 4.52 Å². The van der Waals surface area contributed by atoms with Crippen LogP contribution in [0.5, 0.6) is 0 Å². The lowest BCUT2D eigenvalue weighted by atomic mass is 10.1. The number of rotatable bonds is 3. The lowest BCUT2D eigenvalue weighted by Crippen LogP contribution is -2.12. The molecule has 0 radical (unpaired) electrons. The Morgan fingerprint density at radius 3 is 2.67 bits per heavy atom. The highest BCUT2D eigenvalue weighted by molar-refractivity contribution is 7.15. The highest BCUT2D eigenvalue weighted by Crippen LogP contribution is 2.26. The van der Waals surface area contributed by atoms with Crippen LogP contribution in [0.25, 0.3) is 16.2 Å². The van der Waals surface area contributed by atoms with Gasteiger partial charge in [-0.15, -0.1) is 16.4 Å². The second-order valence-corrected chi connectivity index (χ2v) is 6.32. The van der Waals surface area contributed by atoms with Crippen LogP contribution in [0.4, 0.5) is 5.95 Å². The molecule has 1 N–H and O–H groups in total. The van der Waals surface area contributed by atoms with Gasteiger partial charge in [0.2, 0.25) is 4.96 Å². The van der Waals surface area contributed by atoms with E-state index in [-0.39, 0.29) is 17.6 Å². The number of thiazole rings is 1. The SMILES string of the molecule is Cc1ccc(-c2csc3nc(NC(=O)c4ccc(C)o4)nn23)cc1. The summed E-state index contributed by atoms with van der Waals surface area (Å²) in [5.41, 5.74) is 3.19. The molecule has 4 rings (SSSR count). The van der Waals surface area contributed by atoms with E-state index in [1.165, 1.54) is 16.9 Å². The van der Waals surface area contributed by atoms with Gasteiger partial charge in [-0.2, -0.15) is 4.98 Å². The fourth-order valence-electron chi connectivity index (χ4n) is 2.38. The number of fused-ring (bicyclic) bond motifs is 1. The fraction of sp³-hybridized carbons (Fsp3) is 0.118. The Balaban J connectivity index is 1.64. The second kappa shape index (κ2) is 5.61. The third kappa shape index (κ3) is 2.59. The largest absolute Gasteiger partial charge is 0.456 e. The summed E-state index contributed by atoms with van der Waals surface area (Å²) in [5.74, 6) is 0.817. The third-order valence-corrected chi connectivity index (χ3v) is 4.43. The van der Waals surface area contributed by atoms with Gasteiger partial charge in [-0.05, 0) is 26.0 Å². The highest BCUT2D eigenvalue weighted by atomic mass is 32.1. The van der Waals surface area contributed by atoms with Crippen LogP contribution in [-0.4, -0.2) is 20.5 Å². The zero-order valence-corrected chi connectivity index (χ0v) is 13.9. The van der Waals surface area contributed by atoms with Crippen molar-refractivity contribution in [1.82, 2.24) is 14.6 Å². The molecular formula is C17H14N4O2S. The number of nitrogens with one attached hydrogen (secondary N) is 1. The molecule has 3 aromatic heterocycles. The summed E-state index contributed by atoms with van der Waals surface area (Å²) in [4.78, 5) is 17.2. The second-order valence-electron chi connectivity index (χ2n) is 5.48. The predicted octanol–water partition coefficient (Wildman–Crippen LogP) is 3.92. The molecular weight excluding hydrogens is 324 g/mol. The molecule has 24 heavy (non-hydrogen) atoms. The number of anilines is 1. The number of amides is 1. The van der Waals surface area contributed by atoms with Gasteiger partial charge in [0.05, 0.1) is 5.69 Å². The summed E-state index contributed by atoms with van der Waals surface area (Å²) in [6.07, 6.45) is 0. The molecule has 0 spiro atoms. The maximum atomic E-state index is 12.1. The third-order valence-electron chi connectivity index (χ3n) is 3.62. The Kier molecular flexibility index (Phi) is 3.42. The molecule has 6 nitrogen and oxygen atoms in total. The number of furan rings is 1. The van der Waals surface area contributed by atoms with Crippen LogP contribution in [0.15, 0.2) is 46.2 Å². The summed E-state index contributed by atoms with van der Waals surface area (Å²) in [7, 11) is 0. The topological polar surface area (TPSA) is 72.4 Å². The molecule has 1 aromatic carbocycles. The minimum atomic E-state index is -0.363. The molecule has 3 heterocycles. The van der Waals surface area contributed by atoms with E-state index in [4.69, 9.17) is 4.42 Å². The molecule has 0 fully saturated rings. The van der Waals surface area contributed by atoms with Gasteiger partial charge in [-0.3, -0.25) is 10.1 Å². The van der Waals surface area contributed by atoms with Crippen molar-refractivity contribution >= 4 is 28.2 Å². The lowest BCUT2D eigenvalue weighted by Gasteiger charge is -2.00. The standard InChI is InChI=1S/C17H14N4O2S/c1-10-3-6-12(7-4-10)13-9-24-17-19-16(20-21(13)17)18-15(22)14-8-5-11(2)23-14/h3-9H,1-2H3,(H,18,20,22). The van der Waals surface area contributed by atoms with Crippen LogP contribution < -0.4 is 5.32 Å². The van der Waals surface area contributed by atoms with E-state index in [1.54, 1.807) is 23.6 Å². The van der Waals surface area contributed by atoms with E-state index < -0.39 is 0 Å². The van der Waals surface area contributed by atoms with Crippen LogP contribution in [0.3, 0.4) is 0 Å². The molecule has 7 heteroatoms. The summed E-state index contributed by atoms with van der Waals surface area (Å²) in [6.45, 7) is 3.84. The first-order chi connectivity index (χ1) is 11.6. The molecule has 4 aromatic rings. The van der Waals surface area contributed by atoms with Gasteiger partial charge in [0.25, 0.3) is 11.9 Å². The van der Waals surface area contributed by atoms with Crippen molar-refractivity contribution in [2.24, 2.45) is 0 Å². The summed E-state index contributed by atoms with van der Waals surface area (Å²) >= 11 is 1.48. The monoisotopic (exact) mass is 338 g/mol. The van der Waals surface area contributed by atoms with Gasteiger partial charge in [0.1, 0.15) is 5.76 Å². The Labute approximate surface area is 141 Å². The number of aromatic nitrogens is 3. The van der Waals surface area contributed by atoms with Gasteiger partial charge >= 0.3 is 0 Å². The number of hydrogen-bond donors (Lipinski definition) is 1. The van der Waals surface area contributed by atoms with Gasteiger partial charge in [0.15, 0.2) is 5.76 Å². The Bertz CT molecular complexity index is 1030. The summed E-state index contributed by atoms with van der Waals surface area (Å²) in [6, 6.07) is 11.6. The van der Waals surface area contributed by atoms with Crippen molar-refractivity contribution in [3.05, 3.63) is 58.9 Å². The van der Waals surface area contributed by atoms with E-state index in [2.05, 4.69) is 27.5 Å². The first-order valence-electron chi connectivity index (χ1n) is 7.39. The van der Waals surface area contributed by atoms with Crippen molar-refractivity contribution in [1.29, 1.82) is 0 Å². The van der Waals surface area contributed by atoms with E-state index in [9.17, 15) is 4.79 Å². The number of carbonyl (C=O) groups is 1. The van der Waals surface area contributed by atoms with E-state index in [0.717, 1.165) is 16.2 Å². The maximum Gasteiger partial charge on any atom is 0.293 e. The van der Waals surface area contributed by atoms with Crippen LogP contribution in [0, 0.1) is 13.8 Å². The first kappa shape index (κ1) is 14.6. The van der Waals surface area contributed by atoms with Gasteiger partial charge in [0, 0.05) is 10.9 Å². The Hall–Kier alpha value is -2.93. The molecule has 0 aliphatic heterocycles. The lowest BCUT2D eigenvalue weighted by molar-refractivity contribution is 0.0994. The number of aryl methyl sites for hydroxylation is 2. The number of carbonyl (C=O) groups excluding carboxylic acids is 1. The van der Waals surface area contributed by atoms with E-state index >= 15 is 0 Å². The van der Waals surface area contributed by atoms with Crippen molar-refractivity contribution in [3.63, 3.8) is 0 Å². The summed E-state index contributed by atoms with van der Waals surface area (Å²) < 4.78 is 7.04. The Morgan fingerprint density at radius 2 is 1.96 bits per heavy atom. The van der Waals surface area contributed by atoms with E-state index in [0.29, 0.717) is 5.76 Å². The molecule has 120 valence electrons. The van der Waals surface area contributed by atoms with Crippen molar-refractivity contribution in [2.75, 3.05) is 5.32 Å². The predicted molar refractivity (Wildman–Crippen MR) is 92.4 cm³/mol. The average molecular weight is 338 g/mol. The average Bonchev–Trinajstić information content (AvgIpc) is 3.24. The van der Waals surface area contributed by atoms with Crippen LogP contribution in [-0.2, 0) is 0 Å². The molecule has 0 unspecified atom stereocenters. The quantitative estimate of drug-likeness (QED) is 0.614. The van der Waals surface area contributed by atoms with Gasteiger partial charge < -0.3 is 4.42 Å². The Morgan fingerprint density at radius 1 is 1.17 bits per heavy atom. The zero-order chi connectivity index (χ0) is 16.7.